The number of unbranched alkanes of at least 4 members (excludes halogenated alkanes) is 10. The van der Waals surface area contributed by atoms with Crippen LogP contribution in [0.25, 0.3) is 0 Å². The average molecular weight is 492 g/mol. The molecular formula is C20H37Cl3N2O3S. The van der Waals surface area contributed by atoms with Crippen molar-refractivity contribution in [3.63, 3.8) is 0 Å². The van der Waals surface area contributed by atoms with Crippen molar-refractivity contribution >= 4 is 50.5 Å². The molecule has 29 heavy (non-hydrogen) atoms. The van der Waals surface area contributed by atoms with Crippen LogP contribution in [0.3, 0.4) is 0 Å². The van der Waals surface area contributed by atoms with Gasteiger partial charge in [-0.1, -0.05) is 106 Å². The second-order valence-corrected chi connectivity index (χ2v) is 12.7. The van der Waals surface area contributed by atoms with Crippen molar-refractivity contribution in [2.24, 2.45) is 0 Å². The van der Waals surface area contributed by atoms with Crippen LogP contribution in [-0.2, 0) is 14.6 Å². The van der Waals surface area contributed by atoms with Gasteiger partial charge >= 0.3 is 0 Å². The first-order valence-electron chi connectivity index (χ1n) is 11.0. The minimum Gasteiger partial charge on any atom is -0.337 e. The van der Waals surface area contributed by atoms with Crippen LogP contribution in [-0.4, -0.2) is 41.8 Å². The number of sulfone groups is 1. The Balaban J connectivity index is 2.16. The number of alkyl halides is 3. The Bertz CT molecular complexity index is 568. The molecule has 0 bridgehead atoms. The first-order valence-corrected chi connectivity index (χ1v) is 13.9. The Labute approximate surface area is 191 Å². The minimum atomic E-state index is -3.05. The smallest absolute Gasteiger partial charge is 0.223 e. The van der Waals surface area contributed by atoms with Gasteiger partial charge in [0.05, 0.1) is 11.5 Å². The summed E-state index contributed by atoms with van der Waals surface area (Å²) >= 11 is 17.9. The molecular weight excluding hydrogens is 455 g/mol. The molecule has 1 amide bonds. The van der Waals surface area contributed by atoms with Crippen molar-refractivity contribution in [3.8, 4) is 0 Å². The number of carbonyl (C=O) groups is 1. The number of nitrogens with one attached hydrogen (secondary N) is 2. The van der Waals surface area contributed by atoms with Crippen molar-refractivity contribution in [1.82, 2.24) is 10.6 Å². The molecule has 0 aromatic heterocycles. The Morgan fingerprint density at radius 2 is 1.48 bits per heavy atom. The standard InChI is InChI=1S/C20H37Cl3N2O3S/c1-2-3-4-5-6-7-8-9-10-11-12-13-18(26)25-19(20(21,22)23)24-17-14-15-29(27,28)16-17/h17,19,24H,2-16H2,1H3,(H,25,26)/t17-,19+/m1/s1. The summed E-state index contributed by atoms with van der Waals surface area (Å²) in [6.45, 7) is 2.23. The van der Waals surface area contributed by atoms with Crippen LogP contribution in [0.5, 0.6) is 0 Å². The highest BCUT2D eigenvalue weighted by Crippen LogP contribution is 2.30. The first kappa shape index (κ1) is 27.3. The molecule has 0 spiro atoms. The summed E-state index contributed by atoms with van der Waals surface area (Å²) in [5.41, 5.74) is 0. The fourth-order valence-corrected chi connectivity index (χ4v) is 5.60. The van der Waals surface area contributed by atoms with E-state index >= 15 is 0 Å². The van der Waals surface area contributed by atoms with E-state index in [0.29, 0.717) is 12.8 Å². The van der Waals surface area contributed by atoms with E-state index in [0.717, 1.165) is 19.3 Å². The summed E-state index contributed by atoms with van der Waals surface area (Å²) in [6.07, 6.45) is 13.3. The predicted molar refractivity (Wildman–Crippen MR) is 123 cm³/mol. The third-order valence-electron chi connectivity index (χ3n) is 5.27. The maximum atomic E-state index is 12.2. The summed E-state index contributed by atoms with van der Waals surface area (Å²) in [4.78, 5) is 12.2. The molecule has 2 N–H and O–H groups in total. The lowest BCUT2D eigenvalue weighted by Crippen LogP contribution is -2.56. The Morgan fingerprint density at radius 1 is 0.966 bits per heavy atom. The fourth-order valence-electron chi connectivity index (χ4n) is 3.56. The zero-order chi connectivity index (χ0) is 21.8. The van der Waals surface area contributed by atoms with Gasteiger partial charge in [-0.05, 0) is 12.8 Å². The van der Waals surface area contributed by atoms with E-state index in [1.807, 2.05) is 0 Å². The highest BCUT2D eigenvalue weighted by molar-refractivity contribution is 7.91. The lowest BCUT2D eigenvalue weighted by atomic mass is 10.1. The molecule has 2 atom stereocenters. The molecule has 1 fully saturated rings. The normalized spacial score (nSPS) is 19.9. The van der Waals surface area contributed by atoms with E-state index in [9.17, 15) is 13.2 Å². The Morgan fingerprint density at radius 3 is 1.93 bits per heavy atom. The molecule has 1 saturated heterocycles. The summed E-state index contributed by atoms with van der Waals surface area (Å²) < 4.78 is 21.4. The van der Waals surface area contributed by atoms with Gasteiger partial charge in [-0.25, -0.2) is 8.42 Å². The number of halogens is 3. The molecule has 1 aliphatic heterocycles. The molecule has 0 aromatic rings. The van der Waals surface area contributed by atoms with Crippen LogP contribution >= 0.6 is 34.8 Å². The predicted octanol–water partition coefficient (Wildman–Crippen LogP) is 5.28. The molecule has 0 radical (unpaired) electrons. The highest BCUT2D eigenvalue weighted by atomic mass is 35.6. The van der Waals surface area contributed by atoms with E-state index in [4.69, 9.17) is 34.8 Å². The van der Waals surface area contributed by atoms with Gasteiger partial charge in [-0.15, -0.1) is 0 Å². The van der Waals surface area contributed by atoms with Gasteiger partial charge in [0.15, 0.2) is 9.84 Å². The van der Waals surface area contributed by atoms with Crippen molar-refractivity contribution < 1.29 is 13.2 Å². The number of carbonyl (C=O) groups excluding carboxylic acids is 1. The zero-order valence-electron chi connectivity index (χ0n) is 17.5. The third kappa shape index (κ3) is 13.3. The molecule has 0 aliphatic carbocycles. The summed E-state index contributed by atoms with van der Waals surface area (Å²) in [6, 6.07) is -0.317. The molecule has 172 valence electrons. The summed E-state index contributed by atoms with van der Waals surface area (Å²) in [7, 11) is -3.05. The van der Waals surface area contributed by atoms with E-state index < -0.39 is 19.8 Å². The second-order valence-electron chi connectivity index (χ2n) is 8.09. The maximum absolute atomic E-state index is 12.2. The third-order valence-corrected chi connectivity index (χ3v) is 7.70. The summed E-state index contributed by atoms with van der Waals surface area (Å²) in [5, 5.41) is 5.68. The minimum absolute atomic E-state index is 0.00127. The second kappa shape index (κ2) is 14.3. The largest absolute Gasteiger partial charge is 0.337 e. The van der Waals surface area contributed by atoms with Crippen LogP contribution in [0, 0.1) is 0 Å². The van der Waals surface area contributed by atoms with Gasteiger partial charge in [0.1, 0.15) is 6.17 Å². The van der Waals surface area contributed by atoms with Crippen LogP contribution in [0.15, 0.2) is 0 Å². The van der Waals surface area contributed by atoms with Gasteiger partial charge in [0.25, 0.3) is 0 Å². The number of hydrogen-bond acceptors (Lipinski definition) is 4. The topological polar surface area (TPSA) is 75.3 Å². The Kier molecular flexibility index (Phi) is 13.5. The molecule has 1 heterocycles. The van der Waals surface area contributed by atoms with Crippen molar-refractivity contribution in [3.05, 3.63) is 0 Å². The van der Waals surface area contributed by atoms with Crippen LogP contribution in [0.2, 0.25) is 0 Å². The lowest BCUT2D eigenvalue weighted by molar-refractivity contribution is -0.122. The fraction of sp³-hybridized carbons (Fsp3) is 0.950. The Hall–Kier alpha value is 0.250. The van der Waals surface area contributed by atoms with Gasteiger partial charge in [0, 0.05) is 12.5 Å². The highest BCUT2D eigenvalue weighted by Gasteiger charge is 2.38. The molecule has 9 heteroatoms. The molecule has 1 aliphatic rings. The molecule has 0 saturated carbocycles. The number of rotatable bonds is 15. The van der Waals surface area contributed by atoms with E-state index in [-0.39, 0.29) is 23.5 Å². The zero-order valence-corrected chi connectivity index (χ0v) is 20.6. The first-order chi connectivity index (χ1) is 13.6. The van der Waals surface area contributed by atoms with E-state index in [1.54, 1.807) is 0 Å². The monoisotopic (exact) mass is 490 g/mol. The van der Waals surface area contributed by atoms with Crippen LogP contribution < -0.4 is 10.6 Å². The van der Waals surface area contributed by atoms with Crippen molar-refractivity contribution in [2.75, 3.05) is 11.5 Å². The average Bonchev–Trinajstić information content (AvgIpc) is 2.97. The SMILES string of the molecule is CCCCCCCCCCCCCC(=O)N[C@H](N[C@@H]1CCS(=O)(=O)C1)C(Cl)(Cl)Cl. The van der Waals surface area contributed by atoms with Gasteiger partial charge < -0.3 is 5.32 Å². The maximum Gasteiger partial charge on any atom is 0.223 e. The van der Waals surface area contributed by atoms with Gasteiger partial charge in [-0.3, -0.25) is 10.1 Å². The summed E-state index contributed by atoms with van der Waals surface area (Å²) in [5.74, 6) is -0.0755. The van der Waals surface area contributed by atoms with Gasteiger partial charge in [-0.2, -0.15) is 0 Å². The van der Waals surface area contributed by atoms with Crippen molar-refractivity contribution in [1.29, 1.82) is 0 Å². The van der Waals surface area contributed by atoms with Crippen LogP contribution in [0.1, 0.15) is 90.4 Å². The van der Waals surface area contributed by atoms with Crippen molar-refractivity contribution in [2.45, 2.75) is 106 Å². The molecule has 0 aromatic carbocycles. The number of hydrogen-bond donors (Lipinski definition) is 2. The van der Waals surface area contributed by atoms with Crippen LogP contribution in [0.4, 0.5) is 0 Å². The lowest BCUT2D eigenvalue weighted by Gasteiger charge is -2.29. The number of amides is 1. The molecule has 0 unspecified atom stereocenters. The van der Waals surface area contributed by atoms with E-state index in [2.05, 4.69) is 17.6 Å². The molecule has 5 nitrogen and oxygen atoms in total. The quantitative estimate of drug-likeness (QED) is 0.186. The molecule has 1 rings (SSSR count). The van der Waals surface area contributed by atoms with E-state index in [1.165, 1.54) is 51.4 Å². The van der Waals surface area contributed by atoms with Gasteiger partial charge in [0.2, 0.25) is 9.70 Å².